The molecule has 0 heterocycles. The molecule has 0 aromatic heterocycles. The Labute approximate surface area is 55.1 Å². The molecule has 0 unspecified atom stereocenters. The van der Waals surface area contributed by atoms with Gasteiger partial charge in [0, 0.05) is 0 Å². The van der Waals surface area contributed by atoms with E-state index >= 15 is 0 Å². The number of hydrogen-bond acceptors (Lipinski definition) is 2. The number of primary amides is 1. The van der Waals surface area contributed by atoms with Crippen LogP contribution >= 0.6 is 12.4 Å². The molecule has 1 amide bonds. The zero-order valence-electron chi connectivity index (χ0n) is 4.76. The van der Waals surface area contributed by atoms with Crippen molar-refractivity contribution >= 4 is 18.3 Å². The molecule has 50 valence electrons. The van der Waals surface area contributed by atoms with E-state index < -0.39 is 5.91 Å². The van der Waals surface area contributed by atoms with Gasteiger partial charge >= 0.3 is 0 Å². The van der Waals surface area contributed by atoms with Crippen LogP contribution in [-0.2, 0) is 4.79 Å². The minimum atomic E-state index is -0.481. The highest BCUT2D eigenvalue weighted by atomic mass is 35.5. The summed E-state index contributed by atoms with van der Waals surface area (Å²) in [6.07, 6.45) is 1.06. The molecule has 0 aliphatic rings. The largest absolute Gasteiger partial charge is 0.366 e. The Morgan fingerprint density at radius 3 is 1.75 bits per heavy atom. The molecule has 8 heavy (non-hydrogen) atoms. The molecule has 0 rings (SSSR count). The fourth-order valence-electron chi connectivity index (χ4n) is 0. The first-order valence-electron chi connectivity index (χ1n) is 1.77. The third-order valence-corrected chi connectivity index (χ3v) is 0.201. The summed E-state index contributed by atoms with van der Waals surface area (Å²) < 4.78 is 0. The first-order chi connectivity index (χ1) is 3.27. The fraction of sp³-hybridized carbons (Fsp3) is 0.250. The number of hydrogen-bond donors (Lipinski definition) is 2. The number of halogens is 1. The van der Waals surface area contributed by atoms with Crippen molar-refractivity contribution in [3.8, 4) is 0 Å². The second-order valence-corrected chi connectivity index (χ2v) is 0.606. The Hall–Kier alpha value is -0.540. The summed E-state index contributed by atoms with van der Waals surface area (Å²) in [6, 6.07) is 0. The monoisotopic (exact) mass is 138 g/mol. The lowest BCUT2D eigenvalue weighted by Crippen LogP contribution is -2.04. The van der Waals surface area contributed by atoms with Gasteiger partial charge in [0.25, 0.3) is 0 Å². The molecular formula is C4H11ClN2O. The number of carbonyl (C=O) groups is 1. The summed E-state index contributed by atoms with van der Waals surface area (Å²) in [5.74, 6) is -0.481. The van der Waals surface area contributed by atoms with Gasteiger partial charge in [0.15, 0.2) is 0 Å². The van der Waals surface area contributed by atoms with E-state index in [0.29, 0.717) is 0 Å². The predicted octanol–water partition coefficient (Wildman–Crippen LogP) is -0.346. The zero-order chi connectivity index (χ0) is 6.28. The van der Waals surface area contributed by atoms with E-state index in [0.717, 1.165) is 6.08 Å². The summed E-state index contributed by atoms with van der Waals surface area (Å²) in [5, 5.41) is 0. The Balaban J connectivity index is -0.0000000750. The first kappa shape index (κ1) is 15.7. The maximum Gasteiger partial charge on any atom is 0.240 e. The molecule has 0 bridgehead atoms. The van der Waals surface area contributed by atoms with Crippen LogP contribution in [0.4, 0.5) is 0 Å². The molecule has 3 nitrogen and oxygen atoms in total. The average molecular weight is 139 g/mol. The molecule has 0 fully saturated rings. The highest BCUT2D eigenvalue weighted by Gasteiger charge is 1.69. The zero-order valence-corrected chi connectivity index (χ0v) is 5.57. The molecule has 0 spiro atoms. The molecule has 0 aromatic carbocycles. The van der Waals surface area contributed by atoms with Crippen LogP contribution in [0.15, 0.2) is 12.7 Å². The van der Waals surface area contributed by atoms with Gasteiger partial charge in [-0.25, -0.2) is 0 Å². The molecular weight excluding hydrogens is 128 g/mol. The summed E-state index contributed by atoms with van der Waals surface area (Å²) in [6.45, 7) is 3.09. The number of carbonyl (C=O) groups excluding carboxylic acids is 1. The summed E-state index contributed by atoms with van der Waals surface area (Å²) >= 11 is 0. The van der Waals surface area contributed by atoms with Crippen LogP contribution < -0.4 is 11.5 Å². The molecule has 0 atom stereocenters. The topological polar surface area (TPSA) is 69.1 Å². The van der Waals surface area contributed by atoms with Crippen molar-refractivity contribution < 1.29 is 4.79 Å². The van der Waals surface area contributed by atoms with Crippen molar-refractivity contribution in [2.75, 3.05) is 7.05 Å². The van der Waals surface area contributed by atoms with Crippen LogP contribution in [0.2, 0.25) is 0 Å². The third-order valence-electron chi connectivity index (χ3n) is 0.201. The van der Waals surface area contributed by atoms with Gasteiger partial charge in [-0.05, 0) is 13.1 Å². The van der Waals surface area contributed by atoms with Crippen molar-refractivity contribution in [2.45, 2.75) is 0 Å². The van der Waals surface area contributed by atoms with E-state index in [9.17, 15) is 4.79 Å². The lowest BCUT2D eigenvalue weighted by molar-refractivity contribution is -0.113. The Kier molecular flexibility index (Phi) is 31.5. The van der Waals surface area contributed by atoms with Gasteiger partial charge in [-0.3, -0.25) is 4.79 Å². The maximum atomic E-state index is 9.47. The smallest absolute Gasteiger partial charge is 0.240 e. The summed E-state index contributed by atoms with van der Waals surface area (Å²) in [4.78, 5) is 9.47. The van der Waals surface area contributed by atoms with Gasteiger partial charge in [-0.15, -0.1) is 12.4 Å². The SMILES string of the molecule is C=CC(N)=O.CN.Cl. The minimum absolute atomic E-state index is 0. The molecule has 4 N–H and O–H groups in total. The Morgan fingerprint density at radius 1 is 1.62 bits per heavy atom. The second-order valence-electron chi connectivity index (χ2n) is 0.606. The Morgan fingerprint density at radius 2 is 1.75 bits per heavy atom. The molecule has 0 aliphatic heterocycles. The Bertz CT molecular complexity index is 65.1. The van der Waals surface area contributed by atoms with E-state index in [1.54, 1.807) is 0 Å². The molecule has 0 radical (unpaired) electrons. The van der Waals surface area contributed by atoms with Crippen molar-refractivity contribution in [1.29, 1.82) is 0 Å². The summed E-state index contributed by atoms with van der Waals surface area (Å²) in [5.41, 5.74) is 9.03. The number of amides is 1. The van der Waals surface area contributed by atoms with Gasteiger partial charge in [0.2, 0.25) is 5.91 Å². The van der Waals surface area contributed by atoms with Crippen LogP contribution in [0, 0.1) is 0 Å². The van der Waals surface area contributed by atoms with Gasteiger partial charge in [0.1, 0.15) is 0 Å². The van der Waals surface area contributed by atoms with Gasteiger partial charge in [-0.2, -0.15) is 0 Å². The van der Waals surface area contributed by atoms with E-state index in [-0.39, 0.29) is 12.4 Å². The molecule has 0 aromatic rings. The van der Waals surface area contributed by atoms with Crippen LogP contribution in [0.1, 0.15) is 0 Å². The predicted molar refractivity (Wildman–Crippen MR) is 36.8 cm³/mol. The van der Waals surface area contributed by atoms with Crippen molar-refractivity contribution in [2.24, 2.45) is 11.5 Å². The molecule has 0 saturated heterocycles. The standard InChI is InChI=1S/C3H5NO.CH5N.ClH/c1-2-3(4)5;1-2;/h2H,1H2,(H2,4,5);2H2,1H3;1H. The van der Waals surface area contributed by atoms with Crippen LogP contribution in [-0.4, -0.2) is 13.0 Å². The van der Waals surface area contributed by atoms with Crippen molar-refractivity contribution in [3.63, 3.8) is 0 Å². The van der Waals surface area contributed by atoms with Crippen LogP contribution in [0.25, 0.3) is 0 Å². The third kappa shape index (κ3) is 51.0. The lowest BCUT2D eigenvalue weighted by Gasteiger charge is -1.65. The molecule has 0 aliphatic carbocycles. The highest BCUT2D eigenvalue weighted by Crippen LogP contribution is 1.48. The van der Waals surface area contributed by atoms with Crippen molar-refractivity contribution in [3.05, 3.63) is 12.7 Å². The molecule has 4 heteroatoms. The first-order valence-corrected chi connectivity index (χ1v) is 1.77. The fourth-order valence-corrected chi connectivity index (χ4v) is 0. The van der Waals surface area contributed by atoms with E-state index in [1.807, 2.05) is 0 Å². The second kappa shape index (κ2) is 16.1. The van der Waals surface area contributed by atoms with E-state index in [4.69, 9.17) is 0 Å². The van der Waals surface area contributed by atoms with Crippen LogP contribution in [0.3, 0.4) is 0 Å². The number of nitrogens with two attached hydrogens (primary N) is 2. The van der Waals surface area contributed by atoms with Gasteiger partial charge < -0.3 is 11.5 Å². The normalized spacial score (nSPS) is 4.75. The molecule has 0 saturated carbocycles. The van der Waals surface area contributed by atoms with Gasteiger partial charge in [-0.1, -0.05) is 6.58 Å². The number of rotatable bonds is 1. The van der Waals surface area contributed by atoms with E-state index in [1.165, 1.54) is 7.05 Å². The minimum Gasteiger partial charge on any atom is -0.366 e. The summed E-state index contributed by atoms with van der Waals surface area (Å²) in [7, 11) is 1.50. The van der Waals surface area contributed by atoms with Gasteiger partial charge in [0.05, 0.1) is 0 Å². The quantitative estimate of drug-likeness (QED) is 0.487. The van der Waals surface area contributed by atoms with Crippen molar-refractivity contribution in [1.82, 2.24) is 0 Å². The average Bonchev–Trinajstić information content (AvgIpc) is 1.73. The maximum absolute atomic E-state index is 9.47. The van der Waals surface area contributed by atoms with E-state index in [2.05, 4.69) is 18.0 Å². The lowest BCUT2D eigenvalue weighted by atomic mass is 10.6. The van der Waals surface area contributed by atoms with Crippen LogP contribution in [0.5, 0.6) is 0 Å². The highest BCUT2D eigenvalue weighted by molar-refractivity contribution is 5.85.